The highest BCUT2D eigenvalue weighted by Crippen LogP contribution is 2.54. The van der Waals surface area contributed by atoms with Crippen LogP contribution in [0.3, 0.4) is 0 Å². The monoisotopic (exact) mass is 208 g/mol. The first kappa shape index (κ1) is 9.05. The van der Waals surface area contributed by atoms with Crippen LogP contribution in [-0.4, -0.2) is 22.7 Å². The highest BCUT2D eigenvalue weighted by molar-refractivity contribution is 8.01. The van der Waals surface area contributed by atoms with E-state index in [-0.39, 0.29) is 10.3 Å². The third-order valence-corrected chi connectivity index (χ3v) is 5.36. The minimum Gasteiger partial charge on any atom is -0.369 e. The Hall–Kier alpha value is -0.210. The molecular formula is C12H16OS. The van der Waals surface area contributed by atoms with Crippen LogP contribution in [0, 0.1) is 0 Å². The summed E-state index contributed by atoms with van der Waals surface area (Å²) in [5.74, 6) is 1.29. The summed E-state index contributed by atoms with van der Waals surface area (Å²) in [6, 6.07) is 0. The van der Waals surface area contributed by atoms with E-state index in [4.69, 9.17) is 4.74 Å². The molecule has 3 aliphatic rings. The van der Waals surface area contributed by atoms with E-state index in [1.165, 1.54) is 31.4 Å². The van der Waals surface area contributed by atoms with Gasteiger partial charge >= 0.3 is 0 Å². The normalized spacial score (nSPS) is 45.7. The highest BCUT2D eigenvalue weighted by Gasteiger charge is 2.53. The molecule has 2 atom stereocenters. The van der Waals surface area contributed by atoms with E-state index in [0.717, 1.165) is 6.61 Å². The fourth-order valence-corrected chi connectivity index (χ4v) is 4.55. The molecule has 0 radical (unpaired) electrons. The minimum absolute atomic E-state index is 0.0446. The van der Waals surface area contributed by atoms with Crippen molar-refractivity contribution in [1.29, 1.82) is 0 Å². The second-order valence-electron chi connectivity index (χ2n) is 4.40. The van der Waals surface area contributed by atoms with Crippen LogP contribution in [-0.2, 0) is 4.74 Å². The summed E-state index contributed by atoms with van der Waals surface area (Å²) in [5, 5.41) is 0. The lowest BCUT2D eigenvalue weighted by Crippen LogP contribution is -2.48. The Bertz CT molecular complexity index is 251. The first-order valence-corrected chi connectivity index (χ1v) is 6.51. The van der Waals surface area contributed by atoms with Crippen LogP contribution in [0.5, 0.6) is 0 Å². The van der Waals surface area contributed by atoms with Crippen molar-refractivity contribution in [2.75, 3.05) is 12.4 Å². The summed E-state index contributed by atoms with van der Waals surface area (Å²) >= 11 is 2.10. The number of hydrogen-bond donors (Lipinski definition) is 0. The summed E-state index contributed by atoms with van der Waals surface area (Å²) in [6.07, 6.45) is 14.1. The smallest absolute Gasteiger partial charge is 0.105 e. The van der Waals surface area contributed by atoms with Crippen molar-refractivity contribution in [1.82, 2.24) is 0 Å². The Labute approximate surface area is 89.6 Å². The van der Waals surface area contributed by atoms with Crippen molar-refractivity contribution >= 4 is 11.8 Å². The lowest BCUT2D eigenvalue weighted by Gasteiger charge is -2.42. The minimum atomic E-state index is 0.0446. The largest absolute Gasteiger partial charge is 0.369 e. The number of rotatable bonds is 0. The lowest BCUT2D eigenvalue weighted by atomic mass is 9.78. The first-order valence-electron chi connectivity index (χ1n) is 5.52. The maximum Gasteiger partial charge on any atom is 0.105 e. The number of hydrogen-bond acceptors (Lipinski definition) is 2. The summed E-state index contributed by atoms with van der Waals surface area (Å²) in [4.78, 5) is 0. The quantitative estimate of drug-likeness (QED) is 0.605. The molecule has 76 valence electrons. The molecule has 1 nitrogen and oxygen atoms in total. The van der Waals surface area contributed by atoms with E-state index >= 15 is 0 Å². The van der Waals surface area contributed by atoms with Crippen molar-refractivity contribution < 1.29 is 4.74 Å². The molecule has 2 heteroatoms. The molecule has 2 saturated heterocycles. The van der Waals surface area contributed by atoms with Crippen LogP contribution in [0.2, 0.25) is 0 Å². The molecule has 0 aromatic rings. The Morgan fingerprint density at radius 1 is 1.07 bits per heavy atom. The molecule has 14 heavy (non-hydrogen) atoms. The van der Waals surface area contributed by atoms with E-state index in [2.05, 4.69) is 36.1 Å². The fraction of sp³-hybridized carbons (Fsp3) is 0.667. The van der Waals surface area contributed by atoms with Crippen LogP contribution in [0.1, 0.15) is 25.7 Å². The maximum absolute atomic E-state index is 6.06. The summed E-state index contributed by atoms with van der Waals surface area (Å²) in [6.45, 7) is 0.945. The predicted molar refractivity (Wildman–Crippen MR) is 60.6 cm³/mol. The van der Waals surface area contributed by atoms with Gasteiger partial charge in [-0.05, 0) is 31.4 Å². The van der Waals surface area contributed by atoms with Crippen LogP contribution < -0.4 is 0 Å². The van der Waals surface area contributed by atoms with E-state index in [1.807, 2.05) is 0 Å². The second kappa shape index (κ2) is 3.14. The van der Waals surface area contributed by atoms with Crippen LogP contribution >= 0.6 is 11.8 Å². The first-order chi connectivity index (χ1) is 6.87. The summed E-state index contributed by atoms with van der Waals surface area (Å²) in [5.41, 5.74) is 0.0446. The molecule has 1 aliphatic carbocycles. The SMILES string of the molecule is C1=C[C@@]2(CCCO2)[C@@]2(C=C1)CCCS2. The molecule has 0 bridgehead atoms. The highest BCUT2D eigenvalue weighted by atomic mass is 32.2. The van der Waals surface area contributed by atoms with Gasteiger partial charge in [0.05, 0.1) is 4.75 Å². The Morgan fingerprint density at radius 3 is 2.71 bits per heavy atom. The van der Waals surface area contributed by atoms with Crippen LogP contribution in [0.15, 0.2) is 24.3 Å². The van der Waals surface area contributed by atoms with Crippen molar-refractivity contribution in [3.05, 3.63) is 24.3 Å². The standard InChI is InChI=1S/C12H16OS/c1-2-7-12(8-4-10-14-12)11(5-1)6-3-9-13-11/h1-2,5,7H,3-4,6,8-10H2/t11-,12-/m1/s1. The molecule has 0 aromatic heterocycles. The van der Waals surface area contributed by atoms with Crippen molar-refractivity contribution in [3.8, 4) is 0 Å². The van der Waals surface area contributed by atoms with E-state index < -0.39 is 0 Å². The van der Waals surface area contributed by atoms with Gasteiger partial charge in [0, 0.05) is 6.61 Å². The van der Waals surface area contributed by atoms with E-state index in [9.17, 15) is 0 Å². The summed E-state index contributed by atoms with van der Waals surface area (Å²) in [7, 11) is 0. The molecule has 0 aromatic carbocycles. The van der Waals surface area contributed by atoms with Gasteiger partial charge in [-0.15, -0.1) is 11.8 Å². The Balaban J connectivity index is 2.01. The molecule has 0 N–H and O–H groups in total. The average molecular weight is 208 g/mol. The average Bonchev–Trinajstić information content (AvgIpc) is 2.81. The molecule has 0 unspecified atom stereocenters. The Morgan fingerprint density at radius 2 is 2.00 bits per heavy atom. The number of fused-ring (bicyclic) bond motifs is 1. The molecule has 2 aliphatic heterocycles. The molecule has 2 spiro atoms. The number of ether oxygens (including phenoxy) is 1. The molecule has 0 saturated carbocycles. The van der Waals surface area contributed by atoms with E-state index in [1.54, 1.807) is 0 Å². The van der Waals surface area contributed by atoms with Gasteiger partial charge in [-0.1, -0.05) is 24.3 Å². The third-order valence-electron chi connectivity index (χ3n) is 3.66. The van der Waals surface area contributed by atoms with Gasteiger partial charge in [-0.2, -0.15) is 0 Å². The second-order valence-corrected chi connectivity index (χ2v) is 5.83. The van der Waals surface area contributed by atoms with Gasteiger partial charge in [0.1, 0.15) is 5.60 Å². The zero-order valence-corrected chi connectivity index (χ0v) is 9.19. The topological polar surface area (TPSA) is 9.23 Å². The molecule has 2 fully saturated rings. The summed E-state index contributed by atoms with van der Waals surface area (Å²) < 4.78 is 6.34. The lowest BCUT2D eigenvalue weighted by molar-refractivity contribution is 0.0228. The van der Waals surface area contributed by atoms with Crippen molar-refractivity contribution in [2.45, 2.75) is 36.0 Å². The van der Waals surface area contributed by atoms with Gasteiger partial charge in [0.2, 0.25) is 0 Å². The zero-order chi connectivity index (χ0) is 9.49. The molecule has 3 rings (SSSR count). The number of allylic oxidation sites excluding steroid dienone is 2. The molecule has 0 amide bonds. The zero-order valence-electron chi connectivity index (χ0n) is 8.37. The van der Waals surface area contributed by atoms with Crippen molar-refractivity contribution in [3.63, 3.8) is 0 Å². The van der Waals surface area contributed by atoms with Crippen LogP contribution in [0.4, 0.5) is 0 Å². The van der Waals surface area contributed by atoms with Crippen LogP contribution in [0.25, 0.3) is 0 Å². The van der Waals surface area contributed by atoms with E-state index in [0.29, 0.717) is 0 Å². The van der Waals surface area contributed by atoms with Gasteiger partial charge in [-0.25, -0.2) is 0 Å². The molecule has 2 heterocycles. The van der Waals surface area contributed by atoms with Gasteiger partial charge in [0.15, 0.2) is 0 Å². The van der Waals surface area contributed by atoms with Gasteiger partial charge in [0.25, 0.3) is 0 Å². The van der Waals surface area contributed by atoms with Crippen molar-refractivity contribution in [2.24, 2.45) is 0 Å². The maximum atomic E-state index is 6.06. The fourth-order valence-electron chi connectivity index (χ4n) is 2.96. The van der Waals surface area contributed by atoms with Gasteiger partial charge in [-0.3, -0.25) is 0 Å². The van der Waals surface area contributed by atoms with Gasteiger partial charge < -0.3 is 4.74 Å². The predicted octanol–water partition coefficient (Wildman–Crippen LogP) is 2.93. The molecular weight excluding hydrogens is 192 g/mol. The third kappa shape index (κ3) is 1.07. The Kier molecular flexibility index (Phi) is 2.03. The number of thioether (sulfide) groups is 1.